The first kappa shape index (κ1) is 31.4. The van der Waals surface area contributed by atoms with Crippen molar-refractivity contribution in [2.24, 2.45) is 0 Å². The van der Waals surface area contributed by atoms with Crippen LogP contribution in [0.4, 0.5) is 11.4 Å². The molecule has 42 heavy (non-hydrogen) atoms. The fraction of sp³-hybridized carbons (Fsp3) is 0.400. The Bertz CT molecular complexity index is 1290. The number of nitrogens with zero attached hydrogens (tertiary/aromatic N) is 1. The summed E-state index contributed by atoms with van der Waals surface area (Å²) < 4.78 is 6.21. The highest BCUT2D eigenvalue weighted by atomic mass is 32.1. The molecule has 7 heteroatoms. The summed E-state index contributed by atoms with van der Waals surface area (Å²) in [5, 5.41) is 16.2. The first-order valence-corrected chi connectivity index (χ1v) is 16.0. The molecule has 1 saturated heterocycles. The van der Waals surface area contributed by atoms with Gasteiger partial charge in [0.25, 0.3) is 0 Å². The molecular formula is C35H45N3O3S. The third-order valence-electron chi connectivity index (χ3n) is 8.00. The second-order valence-electron chi connectivity index (χ2n) is 10.9. The molecule has 1 heterocycles. The largest absolute Gasteiger partial charge is 0.496 e. The van der Waals surface area contributed by atoms with E-state index in [1.54, 1.807) is 17.9 Å². The molecule has 0 radical (unpaired) electrons. The van der Waals surface area contributed by atoms with Crippen molar-refractivity contribution in [1.82, 2.24) is 4.90 Å². The Morgan fingerprint density at radius 2 is 1.69 bits per heavy atom. The Balaban J connectivity index is 0.00000198. The van der Waals surface area contributed by atoms with Crippen LogP contribution in [0.15, 0.2) is 101 Å². The third-order valence-corrected chi connectivity index (χ3v) is 8.00. The number of benzene rings is 2. The van der Waals surface area contributed by atoms with Crippen LogP contribution < -0.4 is 10.6 Å². The number of hydrogen-bond donors (Lipinski definition) is 4. The van der Waals surface area contributed by atoms with Gasteiger partial charge in [-0.2, -0.15) is 12.6 Å². The second-order valence-corrected chi connectivity index (χ2v) is 10.9. The minimum atomic E-state index is -0.834. The van der Waals surface area contributed by atoms with E-state index in [0.29, 0.717) is 31.1 Å². The first-order chi connectivity index (χ1) is 20.6. The van der Waals surface area contributed by atoms with E-state index in [1.807, 2.05) is 24.3 Å². The Kier molecular flexibility index (Phi) is 12.1. The van der Waals surface area contributed by atoms with Gasteiger partial charge in [0.1, 0.15) is 12.4 Å². The van der Waals surface area contributed by atoms with Crippen molar-refractivity contribution < 1.29 is 14.6 Å². The number of rotatable bonds is 12. The highest BCUT2D eigenvalue weighted by Crippen LogP contribution is 2.36. The van der Waals surface area contributed by atoms with Gasteiger partial charge in [-0.05, 0) is 99.3 Å². The monoisotopic (exact) mass is 587 g/mol. The molecule has 2 aliphatic carbocycles. The van der Waals surface area contributed by atoms with Crippen molar-refractivity contribution in [1.29, 1.82) is 0 Å². The predicted octanol–water partition coefficient (Wildman–Crippen LogP) is 8.16. The minimum Gasteiger partial charge on any atom is -0.496 e. The van der Waals surface area contributed by atoms with Crippen LogP contribution in [0.2, 0.25) is 0 Å². The standard InChI is InChI=1S/C34H41N3O3.CH4S/c1-2-8-33(35-28-11-4-3-5-12-28)36-29-18-14-25(15-19-29)23-32(26-9-6-10-26)37-22-7-13-30(37)24-40-31-20-16-27(17-21-31)34(38)39;1-2/h3-5,8,11-12,14-16,18-20,30,35-36H,2,6-7,9-10,13,17,21-24H2,1H3,(H,38,39);2H,1H3/b33-8+;. The zero-order valence-electron chi connectivity index (χ0n) is 24.9. The fourth-order valence-corrected chi connectivity index (χ4v) is 5.63. The van der Waals surface area contributed by atoms with Gasteiger partial charge in [0.15, 0.2) is 0 Å². The Labute approximate surface area is 256 Å². The Hall–Kier alpha value is -3.58. The molecule has 2 aromatic rings. The molecule has 224 valence electrons. The number of allylic oxidation sites excluding steroid dienone is 6. The average molecular weight is 588 g/mol. The molecule has 1 aliphatic heterocycles. The van der Waals surface area contributed by atoms with Crippen LogP contribution in [0.25, 0.3) is 0 Å². The van der Waals surface area contributed by atoms with Gasteiger partial charge >= 0.3 is 5.97 Å². The smallest absolute Gasteiger partial charge is 0.331 e. The van der Waals surface area contributed by atoms with E-state index in [0.717, 1.165) is 48.8 Å². The van der Waals surface area contributed by atoms with Crippen LogP contribution in [0.3, 0.4) is 0 Å². The van der Waals surface area contributed by atoms with Gasteiger partial charge in [-0.3, -0.25) is 0 Å². The third kappa shape index (κ3) is 8.71. The zero-order valence-corrected chi connectivity index (χ0v) is 25.8. The Morgan fingerprint density at radius 3 is 2.29 bits per heavy atom. The molecule has 1 saturated carbocycles. The maximum absolute atomic E-state index is 11.2. The van der Waals surface area contributed by atoms with Gasteiger partial charge in [-0.25, -0.2) is 4.79 Å². The van der Waals surface area contributed by atoms with E-state index in [9.17, 15) is 9.90 Å². The number of thiol groups is 1. The van der Waals surface area contributed by atoms with Crippen molar-refractivity contribution in [2.45, 2.75) is 70.8 Å². The minimum absolute atomic E-state index is 0.362. The predicted molar refractivity (Wildman–Crippen MR) is 177 cm³/mol. The van der Waals surface area contributed by atoms with E-state index in [1.165, 1.54) is 36.9 Å². The van der Waals surface area contributed by atoms with Crippen LogP contribution in [0.5, 0.6) is 0 Å². The molecular weight excluding hydrogens is 542 g/mol. The van der Waals surface area contributed by atoms with Crippen molar-refractivity contribution in [2.75, 3.05) is 30.0 Å². The summed E-state index contributed by atoms with van der Waals surface area (Å²) in [4.78, 5) is 13.8. The highest BCUT2D eigenvalue weighted by molar-refractivity contribution is 7.79. The van der Waals surface area contributed by atoms with Crippen molar-refractivity contribution in [3.8, 4) is 0 Å². The van der Waals surface area contributed by atoms with Crippen LogP contribution in [0.1, 0.15) is 63.9 Å². The normalized spacial score (nSPS) is 18.2. The summed E-state index contributed by atoms with van der Waals surface area (Å²) in [6.07, 6.45) is 16.4. The van der Waals surface area contributed by atoms with Crippen LogP contribution in [-0.4, -0.2) is 41.4 Å². The van der Waals surface area contributed by atoms with Crippen LogP contribution >= 0.6 is 12.6 Å². The molecule has 0 amide bonds. The maximum Gasteiger partial charge on any atom is 0.331 e. The van der Waals surface area contributed by atoms with Crippen LogP contribution in [-0.2, 0) is 16.0 Å². The van der Waals surface area contributed by atoms with Crippen LogP contribution in [0, 0.1) is 0 Å². The van der Waals surface area contributed by atoms with Crippen molar-refractivity contribution in [3.63, 3.8) is 0 Å². The van der Waals surface area contributed by atoms with E-state index in [-0.39, 0.29) is 0 Å². The van der Waals surface area contributed by atoms with E-state index < -0.39 is 5.97 Å². The topological polar surface area (TPSA) is 73.8 Å². The molecule has 1 atom stereocenters. The molecule has 6 nitrogen and oxygen atoms in total. The maximum atomic E-state index is 11.2. The van der Waals surface area contributed by atoms with Crippen molar-refractivity contribution in [3.05, 3.63) is 107 Å². The molecule has 3 aliphatic rings. The summed E-state index contributed by atoms with van der Waals surface area (Å²) in [6.45, 7) is 3.87. The average Bonchev–Trinajstić information content (AvgIpc) is 3.46. The van der Waals surface area contributed by atoms with Gasteiger partial charge < -0.3 is 25.4 Å². The molecule has 2 aromatic carbocycles. The molecule has 0 spiro atoms. The number of aliphatic carboxylic acids is 1. The lowest BCUT2D eigenvalue weighted by Crippen LogP contribution is -2.35. The van der Waals surface area contributed by atoms with E-state index in [4.69, 9.17) is 4.74 Å². The number of hydrogen-bond acceptors (Lipinski definition) is 6. The van der Waals surface area contributed by atoms with E-state index >= 15 is 0 Å². The van der Waals surface area contributed by atoms with Gasteiger partial charge in [0.2, 0.25) is 0 Å². The quantitative estimate of drug-likeness (QED) is 0.188. The van der Waals surface area contributed by atoms with E-state index in [2.05, 4.69) is 77.6 Å². The summed E-state index contributed by atoms with van der Waals surface area (Å²) >= 11 is 3.53. The summed E-state index contributed by atoms with van der Waals surface area (Å²) in [5.41, 5.74) is 7.00. The molecule has 2 fully saturated rings. The number of carbonyl (C=O) groups is 1. The fourth-order valence-electron chi connectivity index (χ4n) is 5.63. The Morgan fingerprint density at radius 1 is 0.976 bits per heavy atom. The number of nitrogens with one attached hydrogen (secondary N) is 2. The summed E-state index contributed by atoms with van der Waals surface area (Å²) in [5.74, 6) is 1.05. The first-order valence-electron chi connectivity index (χ1n) is 15.2. The van der Waals surface area contributed by atoms with Gasteiger partial charge in [-0.1, -0.05) is 42.8 Å². The van der Waals surface area contributed by atoms with Gasteiger partial charge in [-0.15, -0.1) is 0 Å². The number of ether oxygens (including phenoxy) is 1. The summed E-state index contributed by atoms with van der Waals surface area (Å²) in [7, 11) is 0. The number of carboxylic acid groups (broad SMARTS) is 1. The molecule has 0 aromatic heterocycles. The summed E-state index contributed by atoms with van der Waals surface area (Å²) in [6, 6.07) is 19.4. The van der Waals surface area contributed by atoms with Crippen molar-refractivity contribution >= 4 is 30.0 Å². The lowest BCUT2D eigenvalue weighted by Gasteiger charge is -2.34. The van der Waals surface area contributed by atoms with Gasteiger partial charge in [0, 0.05) is 42.0 Å². The molecule has 3 N–H and O–H groups in total. The number of likely N-dealkylation sites (tertiary alicyclic amines) is 1. The highest BCUT2D eigenvalue weighted by Gasteiger charge is 2.30. The zero-order chi connectivity index (χ0) is 29.7. The SMILES string of the molecule is CC/C=C(\Nc1ccccc1)Nc1ccc(CC(=C2CCC2)N2CCCC2COC2=CC=C(C(=O)O)CC2)cc1.CS. The van der Waals surface area contributed by atoms with Gasteiger partial charge in [0.05, 0.1) is 11.8 Å². The molecule has 1 unspecified atom stereocenters. The lowest BCUT2D eigenvalue weighted by molar-refractivity contribution is -0.132. The number of para-hydroxylation sites is 1. The number of anilines is 2. The second kappa shape index (κ2) is 16.2. The molecule has 0 bridgehead atoms. The number of carboxylic acids is 1. The lowest BCUT2D eigenvalue weighted by atomic mass is 9.88. The molecule has 5 rings (SSSR count).